The molecule has 8 nitrogen and oxygen atoms in total. The third-order valence-corrected chi connectivity index (χ3v) is 5.95. The number of halogens is 1. The first-order chi connectivity index (χ1) is 15.0. The predicted molar refractivity (Wildman–Crippen MR) is 128 cm³/mol. The molecule has 1 aliphatic heterocycles. The van der Waals surface area contributed by atoms with Gasteiger partial charge in [0.15, 0.2) is 11.0 Å². The summed E-state index contributed by atoms with van der Waals surface area (Å²) in [4.78, 5) is 29.8. The van der Waals surface area contributed by atoms with Crippen molar-refractivity contribution >= 4 is 35.0 Å². The molecule has 2 aromatic rings. The quantitative estimate of drug-likeness (QED) is 0.485. The van der Waals surface area contributed by atoms with Gasteiger partial charge in [-0.3, -0.25) is 9.78 Å². The largest absolute Gasteiger partial charge is 0.496 e. The zero-order chi connectivity index (χ0) is 23.6. The molecule has 0 bridgehead atoms. The average molecular weight is 461 g/mol. The van der Waals surface area contributed by atoms with Crippen LogP contribution < -0.4 is 20.3 Å². The van der Waals surface area contributed by atoms with Crippen molar-refractivity contribution < 1.29 is 9.53 Å². The van der Waals surface area contributed by atoms with Crippen LogP contribution in [-0.4, -0.2) is 41.1 Å². The van der Waals surface area contributed by atoms with E-state index in [0.29, 0.717) is 24.6 Å². The van der Waals surface area contributed by atoms with Gasteiger partial charge in [-0.15, -0.1) is 0 Å². The highest BCUT2D eigenvalue weighted by Crippen LogP contribution is 2.39. The molecule has 3 heterocycles. The molecule has 2 aromatic heterocycles. The van der Waals surface area contributed by atoms with Gasteiger partial charge < -0.3 is 20.3 Å². The van der Waals surface area contributed by atoms with Gasteiger partial charge in [-0.05, 0) is 32.1 Å². The zero-order valence-corrected chi connectivity index (χ0v) is 20.6. The summed E-state index contributed by atoms with van der Waals surface area (Å²) in [6.07, 6.45) is 4.75. The molecule has 0 unspecified atom stereocenters. The number of aryl methyl sites for hydroxylation is 1. The summed E-state index contributed by atoms with van der Waals surface area (Å²) < 4.78 is 5.53. The third-order valence-electron chi connectivity index (χ3n) is 5.69. The number of rotatable bonds is 7. The summed E-state index contributed by atoms with van der Waals surface area (Å²) in [6.45, 7) is 11.7. The van der Waals surface area contributed by atoms with Crippen LogP contribution >= 0.6 is 11.6 Å². The number of ether oxygens (including phenoxy) is 1. The van der Waals surface area contributed by atoms with Crippen molar-refractivity contribution in [3.05, 3.63) is 28.2 Å². The van der Waals surface area contributed by atoms with E-state index in [1.54, 1.807) is 18.2 Å². The fraction of sp³-hybridized carbons (Fsp3) is 0.565. The van der Waals surface area contributed by atoms with Crippen molar-refractivity contribution in [2.75, 3.05) is 35.7 Å². The highest BCUT2D eigenvalue weighted by molar-refractivity contribution is 6.33. The smallest absolute Gasteiger partial charge is 0.246 e. The first-order valence-electron chi connectivity index (χ1n) is 10.9. The predicted octanol–water partition coefficient (Wildman–Crippen LogP) is 4.30. The lowest BCUT2D eigenvalue weighted by Gasteiger charge is -2.36. The number of anilines is 3. The number of nitrogens with two attached hydrogens (primary N) is 1. The lowest BCUT2D eigenvalue weighted by Crippen LogP contribution is -2.47. The number of fused-ring (bicyclic) bond motifs is 1. The van der Waals surface area contributed by atoms with Crippen LogP contribution in [0.15, 0.2) is 6.20 Å². The van der Waals surface area contributed by atoms with Crippen LogP contribution in [0.2, 0.25) is 5.15 Å². The minimum atomic E-state index is -0.0414. The number of carbonyl (C=O) groups is 1. The van der Waals surface area contributed by atoms with Gasteiger partial charge in [-0.25, -0.2) is 0 Å². The van der Waals surface area contributed by atoms with Crippen molar-refractivity contribution in [2.45, 2.75) is 60.4 Å². The van der Waals surface area contributed by atoms with Crippen LogP contribution in [0.1, 0.15) is 56.9 Å². The molecular formula is C23H33ClN6O2. The van der Waals surface area contributed by atoms with Gasteiger partial charge >= 0.3 is 0 Å². The number of methoxy groups -OCH3 is 1. The molecule has 9 heteroatoms. The zero-order valence-electron chi connectivity index (χ0n) is 19.8. The Labute approximate surface area is 195 Å². The summed E-state index contributed by atoms with van der Waals surface area (Å²) in [5, 5.41) is 0.188. The second-order valence-corrected chi connectivity index (χ2v) is 9.87. The Balaban J connectivity index is 1.90. The summed E-state index contributed by atoms with van der Waals surface area (Å²) >= 11 is 6.47. The Kier molecular flexibility index (Phi) is 7.12. The standard InChI is InChI=1S/C23H33ClN6O2/c1-14-11-26-16(15(2)19(14)32-6)12-29-13-17(31)30(10-8-7-9-23(3,4)5)18-20(24)27-22(25)28-21(18)29/h11H,7-10,12-13H2,1-6H3,(H2,25,27,28). The number of amides is 1. The Hall–Kier alpha value is -2.61. The minimum absolute atomic E-state index is 0.0414. The number of unbranched alkanes of at least 4 members (excludes halogenated alkanes) is 1. The normalized spacial score (nSPS) is 14.0. The Morgan fingerprint density at radius 3 is 2.59 bits per heavy atom. The number of carbonyl (C=O) groups excluding carboxylic acids is 1. The number of hydrogen-bond acceptors (Lipinski definition) is 7. The van der Waals surface area contributed by atoms with Crippen LogP contribution in [0.4, 0.5) is 17.5 Å². The molecule has 0 aromatic carbocycles. The average Bonchev–Trinajstić information content (AvgIpc) is 2.69. The van der Waals surface area contributed by atoms with Gasteiger partial charge in [0.25, 0.3) is 0 Å². The molecule has 32 heavy (non-hydrogen) atoms. The summed E-state index contributed by atoms with van der Waals surface area (Å²) in [7, 11) is 1.64. The summed E-state index contributed by atoms with van der Waals surface area (Å²) in [5.41, 5.74) is 9.38. The van der Waals surface area contributed by atoms with E-state index in [1.807, 2.05) is 18.7 Å². The molecule has 0 saturated carbocycles. The summed E-state index contributed by atoms with van der Waals surface area (Å²) in [5.74, 6) is 1.38. The number of nitrogens with zero attached hydrogens (tertiary/aromatic N) is 5. The van der Waals surface area contributed by atoms with Gasteiger partial charge in [0.05, 0.1) is 25.9 Å². The molecule has 0 aliphatic carbocycles. The van der Waals surface area contributed by atoms with Crippen molar-refractivity contribution in [3.63, 3.8) is 0 Å². The first kappa shape index (κ1) is 24.0. The molecule has 2 N–H and O–H groups in total. The van der Waals surface area contributed by atoms with Gasteiger partial charge in [0.2, 0.25) is 11.9 Å². The van der Waals surface area contributed by atoms with Crippen molar-refractivity contribution in [2.24, 2.45) is 5.41 Å². The number of nitrogen functional groups attached to an aromatic ring is 1. The molecule has 0 fully saturated rings. The van der Waals surface area contributed by atoms with Crippen LogP contribution in [0.3, 0.4) is 0 Å². The Morgan fingerprint density at radius 2 is 1.94 bits per heavy atom. The minimum Gasteiger partial charge on any atom is -0.496 e. The van der Waals surface area contributed by atoms with E-state index < -0.39 is 0 Å². The van der Waals surface area contributed by atoms with E-state index in [1.165, 1.54) is 0 Å². The molecule has 0 saturated heterocycles. The fourth-order valence-electron chi connectivity index (χ4n) is 4.04. The number of aromatic nitrogens is 3. The van der Waals surface area contributed by atoms with Crippen LogP contribution in [0.5, 0.6) is 5.75 Å². The molecule has 1 amide bonds. The number of pyridine rings is 1. The van der Waals surface area contributed by atoms with E-state index in [2.05, 4.69) is 35.7 Å². The molecule has 0 radical (unpaired) electrons. The molecular weight excluding hydrogens is 428 g/mol. The van der Waals surface area contributed by atoms with Gasteiger partial charge in [-0.2, -0.15) is 9.97 Å². The second kappa shape index (κ2) is 9.48. The van der Waals surface area contributed by atoms with E-state index >= 15 is 0 Å². The second-order valence-electron chi connectivity index (χ2n) is 9.51. The molecule has 174 valence electrons. The van der Waals surface area contributed by atoms with E-state index in [-0.39, 0.29) is 29.0 Å². The highest BCUT2D eigenvalue weighted by atomic mass is 35.5. The molecule has 3 rings (SSSR count). The van der Waals surface area contributed by atoms with Crippen LogP contribution in [-0.2, 0) is 11.3 Å². The molecule has 1 aliphatic rings. The first-order valence-corrected chi connectivity index (χ1v) is 11.3. The fourth-order valence-corrected chi connectivity index (χ4v) is 4.31. The lowest BCUT2D eigenvalue weighted by molar-refractivity contribution is -0.117. The van der Waals surface area contributed by atoms with E-state index in [9.17, 15) is 4.79 Å². The van der Waals surface area contributed by atoms with Gasteiger partial charge in [0, 0.05) is 23.9 Å². The van der Waals surface area contributed by atoms with Gasteiger partial charge in [-0.1, -0.05) is 38.8 Å². The van der Waals surface area contributed by atoms with E-state index in [4.69, 9.17) is 22.1 Å². The van der Waals surface area contributed by atoms with Crippen molar-refractivity contribution in [3.8, 4) is 5.75 Å². The monoisotopic (exact) mass is 460 g/mol. The Bertz CT molecular complexity index is 1000. The summed E-state index contributed by atoms with van der Waals surface area (Å²) in [6, 6.07) is 0. The topological polar surface area (TPSA) is 97.5 Å². The maximum absolute atomic E-state index is 13.1. The maximum atomic E-state index is 13.1. The van der Waals surface area contributed by atoms with Crippen molar-refractivity contribution in [1.82, 2.24) is 15.0 Å². The highest BCUT2D eigenvalue weighted by Gasteiger charge is 2.34. The van der Waals surface area contributed by atoms with E-state index in [0.717, 1.165) is 41.8 Å². The Morgan fingerprint density at radius 1 is 1.22 bits per heavy atom. The van der Waals surface area contributed by atoms with Crippen LogP contribution in [0, 0.1) is 19.3 Å². The lowest BCUT2D eigenvalue weighted by atomic mass is 9.90. The maximum Gasteiger partial charge on any atom is 0.246 e. The SMILES string of the molecule is COc1c(C)cnc(CN2CC(=O)N(CCCCC(C)(C)C)c3c(Cl)nc(N)nc32)c1C. The van der Waals surface area contributed by atoms with Crippen molar-refractivity contribution in [1.29, 1.82) is 0 Å². The molecule has 0 spiro atoms. The third kappa shape index (κ3) is 5.23. The molecule has 0 atom stereocenters. The number of hydrogen-bond donors (Lipinski definition) is 1. The van der Waals surface area contributed by atoms with Crippen LogP contribution in [0.25, 0.3) is 0 Å². The van der Waals surface area contributed by atoms with Gasteiger partial charge in [0.1, 0.15) is 11.4 Å².